The van der Waals surface area contributed by atoms with E-state index in [9.17, 15) is 15.2 Å². The largest absolute Gasteiger partial charge is 0.504 e. The molecule has 0 fully saturated rings. The molecule has 0 amide bonds. The molecule has 0 saturated heterocycles. The third kappa shape index (κ3) is 1.72. The van der Waals surface area contributed by atoms with Gasteiger partial charge in [-0.3, -0.25) is 10.1 Å². The van der Waals surface area contributed by atoms with Crippen LogP contribution < -0.4 is 0 Å². The van der Waals surface area contributed by atoms with Gasteiger partial charge >= 0.3 is 0 Å². The SMILES string of the molecule is O=[N+]([O-])c1cc(Cl)c(O)c(-n2cccc2)c1. The molecule has 6 heteroatoms. The smallest absolute Gasteiger partial charge is 0.273 e. The maximum Gasteiger partial charge on any atom is 0.273 e. The number of phenolic OH excluding ortho intramolecular Hbond substituents is 1. The number of nitro groups is 1. The average Bonchev–Trinajstić information content (AvgIpc) is 2.74. The second-order valence-electron chi connectivity index (χ2n) is 3.14. The Kier molecular flexibility index (Phi) is 2.54. The highest BCUT2D eigenvalue weighted by molar-refractivity contribution is 6.32. The van der Waals surface area contributed by atoms with Crippen molar-refractivity contribution in [2.45, 2.75) is 0 Å². The Labute approximate surface area is 95.7 Å². The molecule has 0 aliphatic carbocycles. The van der Waals surface area contributed by atoms with Crippen molar-refractivity contribution in [2.24, 2.45) is 0 Å². The molecule has 1 aromatic heterocycles. The van der Waals surface area contributed by atoms with Crippen LogP contribution in [0.4, 0.5) is 5.69 Å². The normalized spacial score (nSPS) is 10.3. The predicted octanol–water partition coefficient (Wildman–Crippen LogP) is 2.74. The zero-order valence-corrected chi connectivity index (χ0v) is 8.76. The first kappa shape index (κ1) is 10.5. The Hall–Kier alpha value is -2.01. The van der Waals surface area contributed by atoms with Gasteiger partial charge in [0.05, 0.1) is 15.6 Å². The number of aromatic hydroxyl groups is 1. The first-order valence-electron chi connectivity index (χ1n) is 4.40. The van der Waals surface area contributed by atoms with Gasteiger partial charge in [0.2, 0.25) is 0 Å². The topological polar surface area (TPSA) is 68.3 Å². The van der Waals surface area contributed by atoms with Crippen LogP contribution in [-0.4, -0.2) is 14.6 Å². The van der Waals surface area contributed by atoms with Crippen LogP contribution in [0.5, 0.6) is 5.75 Å². The lowest BCUT2D eigenvalue weighted by molar-refractivity contribution is -0.384. The molecule has 0 aliphatic heterocycles. The van der Waals surface area contributed by atoms with E-state index in [0.29, 0.717) is 0 Å². The number of rotatable bonds is 2. The quantitative estimate of drug-likeness (QED) is 0.646. The molecular weight excluding hydrogens is 232 g/mol. The van der Waals surface area contributed by atoms with Crippen molar-refractivity contribution in [2.75, 3.05) is 0 Å². The lowest BCUT2D eigenvalue weighted by atomic mass is 10.2. The van der Waals surface area contributed by atoms with Gasteiger partial charge in [-0.2, -0.15) is 0 Å². The number of nitro benzene ring substituents is 1. The number of phenols is 1. The van der Waals surface area contributed by atoms with Gasteiger partial charge in [-0.1, -0.05) is 11.6 Å². The number of hydrogen-bond donors (Lipinski definition) is 1. The number of nitrogens with zero attached hydrogens (tertiary/aromatic N) is 2. The minimum absolute atomic E-state index is 0.0436. The molecule has 2 aromatic rings. The molecule has 0 aliphatic rings. The fraction of sp³-hybridized carbons (Fsp3) is 0. The average molecular weight is 239 g/mol. The summed E-state index contributed by atoms with van der Waals surface area (Å²) in [7, 11) is 0. The van der Waals surface area contributed by atoms with Gasteiger partial charge < -0.3 is 9.67 Å². The van der Waals surface area contributed by atoms with Crippen LogP contribution in [0.15, 0.2) is 36.7 Å². The van der Waals surface area contributed by atoms with Crippen molar-refractivity contribution in [1.29, 1.82) is 0 Å². The molecule has 1 heterocycles. The molecule has 1 N–H and O–H groups in total. The summed E-state index contributed by atoms with van der Waals surface area (Å²) < 4.78 is 1.55. The van der Waals surface area contributed by atoms with Crippen molar-refractivity contribution in [1.82, 2.24) is 4.57 Å². The summed E-state index contributed by atoms with van der Waals surface area (Å²) in [6.07, 6.45) is 3.32. The van der Waals surface area contributed by atoms with Gasteiger partial charge in [0.1, 0.15) is 0 Å². The Morgan fingerprint density at radius 1 is 1.31 bits per heavy atom. The number of non-ortho nitro benzene ring substituents is 1. The minimum atomic E-state index is -0.557. The third-order valence-electron chi connectivity index (χ3n) is 2.12. The first-order chi connectivity index (χ1) is 7.59. The summed E-state index contributed by atoms with van der Waals surface area (Å²) in [6, 6.07) is 5.86. The second kappa shape index (κ2) is 3.86. The second-order valence-corrected chi connectivity index (χ2v) is 3.55. The lowest BCUT2D eigenvalue weighted by Crippen LogP contribution is -1.94. The fourth-order valence-electron chi connectivity index (χ4n) is 1.37. The van der Waals surface area contributed by atoms with E-state index in [-0.39, 0.29) is 22.1 Å². The summed E-state index contributed by atoms with van der Waals surface area (Å²) in [5, 5.41) is 20.3. The Balaban J connectivity index is 2.65. The van der Waals surface area contributed by atoms with E-state index in [0.717, 1.165) is 6.07 Å². The van der Waals surface area contributed by atoms with Crippen LogP contribution in [0, 0.1) is 10.1 Å². The third-order valence-corrected chi connectivity index (χ3v) is 2.41. The zero-order valence-electron chi connectivity index (χ0n) is 8.00. The van der Waals surface area contributed by atoms with Crippen molar-refractivity contribution in [3.63, 3.8) is 0 Å². The van der Waals surface area contributed by atoms with Crippen molar-refractivity contribution < 1.29 is 10.0 Å². The van der Waals surface area contributed by atoms with Gasteiger partial charge in [0.25, 0.3) is 5.69 Å². The number of halogens is 1. The van der Waals surface area contributed by atoms with E-state index >= 15 is 0 Å². The Bertz CT molecular complexity index is 537. The summed E-state index contributed by atoms with van der Waals surface area (Å²) in [4.78, 5) is 10.1. The predicted molar refractivity (Wildman–Crippen MR) is 59.1 cm³/mol. The summed E-state index contributed by atoms with van der Waals surface area (Å²) in [5.41, 5.74) is 0.121. The zero-order chi connectivity index (χ0) is 11.7. The summed E-state index contributed by atoms with van der Waals surface area (Å²) in [6.45, 7) is 0. The minimum Gasteiger partial charge on any atom is -0.504 e. The molecule has 82 valence electrons. The molecule has 1 aromatic carbocycles. The molecule has 0 atom stereocenters. The number of benzene rings is 1. The van der Waals surface area contributed by atoms with Crippen LogP contribution >= 0.6 is 11.6 Å². The van der Waals surface area contributed by atoms with Crippen LogP contribution in [0.1, 0.15) is 0 Å². The van der Waals surface area contributed by atoms with Gasteiger partial charge in [-0.25, -0.2) is 0 Å². The highest BCUT2D eigenvalue weighted by atomic mass is 35.5. The molecule has 16 heavy (non-hydrogen) atoms. The fourth-order valence-corrected chi connectivity index (χ4v) is 1.58. The maximum atomic E-state index is 10.6. The lowest BCUT2D eigenvalue weighted by Gasteiger charge is -2.07. The highest BCUT2D eigenvalue weighted by Crippen LogP contribution is 2.34. The van der Waals surface area contributed by atoms with Gasteiger partial charge in [-0.05, 0) is 12.1 Å². The standard InChI is InChI=1S/C10H7ClN2O3/c11-8-5-7(13(15)16)6-9(10(8)14)12-3-1-2-4-12/h1-6,14H. The van der Waals surface area contributed by atoms with Gasteiger partial charge in [0.15, 0.2) is 5.75 Å². The van der Waals surface area contributed by atoms with E-state index in [1.807, 2.05) is 0 Å². The molecule has 0 spiro atoms. The van der Waals surface area contributed by atoms with E-state index < -0.39 is 4.92 Å². The molecule has 0 bridgehead atoms. The molecular formula is C10H7ClN2O3. The van der Waals surface area contributed by atoms with Crippen molar-refractivity contribution in [3.8, 4) is 11.4 Å². The van der Waals surface area contributed by atoms with E-state index in [1.165, 1.54) is 6.07 Å². The Morgan fingerprint density at radius 2 is 1.94 bits per heavy atom. The van der Waals surface area contributed by atoms with Gasteiger partial charge in [0, 0.05) is 24.5 Å². The first-order valence-corrected chi connectivity index (χ1v) is 4.77. The van der Waals surface area contributed by atoms with Crippen LogP contribution in [0.3, 0.4) is 0 Å². The monoisotopic (exact) mass is 238 g/mol. The van der Waals surface area contributed by atoms with Crippen molar-refractivity contribution in [3.05, 3.63) is 51.8 Å². The molecule has 0 unspecified atom stereocenters. The van der Waals surface area contributed by atoms with E-state index in [2.05, 4.69) is 0 Å². The van der Waals surface area contributed by atoms with E-state index in [1.54, 1.807) is 29.1 Å². The molecule has 0 saturated carbocycles. The Morgan fingerprint density at radius 3 is 2.50 bits per heavy atom. The number of hydrogen-bond acceptors (Lipinski definition) is 3. The van der Waals surface area contributed by atoms with E-state index in [4.69, 9.17) is 11.6 Å². The summed E-state index contributed by atoms with van der Waals surface area (Å²) in [5.74, 6) is -0.177. The van der Waals surface area contributed by atoms with Crippen molar-refractivity contribution >= 4 is 17.3 Å². The highest BCUT2D eigenvalue weighted by Gasteiger charge is 2.15. The summed E-state index contributed by atoms with van der Waals surface area (Å²) >= 11 is 5.71. The molecule has 2 rings (SSSR count). The van der Waals surface area contributed by atoms with Gasteiger partial charge in [-0.15, -0.1) is 0 Å². The molecule has 0 radical (unpaired) electrons. The molecule has 5 nitrogen and oxygen atoms in total. The van der Waals surface area contributed by atoms with Crippen LogP contribution in [0.25, 0.3) is 5.69 Å². The van der Waals surface area contributed by atoms with Crippen LogP contribution in [0.2, 0.25) is 5.02 Å². The number of aromatic nitrogens is 1. The van der Waals surface area contributed by atoms with Crippen LogP contribution in [-0.2, 0) is 0 Å². The maximum absolute atomic E-state index is 10.6.